The molecular weight excluding hydrogens is 342 g/mol. The topological polar surface area (TPSA) is 22.1 Å². The van der Waals surface area contributed by atoms with Crippen molar-refractivity contribution in [2.24, 2.45) is 0 Å². The van der Waals surface area contributed by atoms with E-state index in [-0.39, 0.29) is 0 Å². The molecule has 140 valence electrons. The second kappa shape index (κ2) is 9.01. The first-order valence-electron chi connectivity index (χ1n) is 9.38. The van der Waals surface area contributed by atoms with Crippen LogP contribution in [0, 0.1) is 6.92 Å². The Bertz CT molecular complexity index is 1040. The molecule has 0 saturated carbocycles. The van der Waals surface area contributed by atoms with Crippen LogP contribution in [0.2, 0.25) is 0 Å². The molecule has 0 spiro atoms. The van der Waals surface area contributed by atoms with Crippen LogP contribution in [0.4, 0.5) is 0 Å². The van der Waals surface area contributed by atoms with Gasteiger partial charge in [-0.2, -0.15) is 0 Å². The van der Waals surface area contributed by atoms with Crippen molar-refractivity contribution in [2.45, 2.75) is 20.8 Å². The summed E-state index contributed by atoms with van der Waals surface area (Å²) in [6.45, 7) is 10.1. The summed E-state index contributed by atoms with van der Waals surface area (Å²) in [6.07, 6.45) is 6.11. The highest BCUT2D eigenvalue weighted by Gasteiger charge is 2.06. The molecule has 2 heteroatoms. The fourth-order valence-electron chi connectivity index (χ4n) is 2.96. The van der Waals surface area contributed by atoms with E-state index in [4.69, 9.17) is 4.74 Å². The zero-order valence-corrected chi connectivity index (χ0v) is 16.6. The third-order valence-corrected chi connectivity index (χ3v) is 4.31. The summed E-state index contributed by atoms with van der Waals surface area (Å²) in [5.41, 5.74) is 6.17. The average Bonchev–Trinajstić information content (AvgIpc) is 2.69. The Morgan fingerprint density at radius 1 is 0.964 bits per heavy atom. The molecule has 2 aromatic carbocycles. The molecule has 3 aromatic rings. The van der Waals surface area contributed by atoms with Gasteiger partial charge in [0.15, 0.2) is 0 Å². The number of allylic oxidation sites excluding steroid dienone is 5. The number of hydrogen-bond acceptors (Lipinski definition) is 2. The summed E-state index contributed by atoms with van der Waals surface area (Å²) in [4.78, 5) is 4.60. The van der Waals surface area contributed by atoms with Gasteiger partial charge in [-0.3, -0.25) is 4.98 Å². The van der Waals surface area contributed by atoms with E-state index in [0.29, 0.717) is 0 Å². The number of ether oxygens (including phenoxy) is 1. The van der Waals surface area contributed by atoms with Gasteiger partial charge in [0, 0.05) is 11.3 Å². The largest absolute Gasteiger partial charge is 0.457 e. The molecule has 0 amide bonds. The molecule has 0 radical (unpaired) electrons. The first-order chi connectivity index (χ1) is 13.6. The van der Waals surface area contributed by atoms with E-state index in [2.05, 4.69) is 23.7 Å². The summed E-state index contributed by atoms with van der Waals surface area (Å²) in [7, 11) is 0. The molecule has 0 aliphatic rings. The third-order valence-electron chi connectivity index (χ3n) is 4.31. The van der Waals surface area contributed by atoms with Gasteiger partial charge in [0.05, 0.1) is 5.69 Å². The molecule has 0 atom stereocenters. The van der Waals surface area contributed by atoms with Crippen LogP contribution in [0.1, 0.15) is 25.1 Å². The molecule has 0 saturated heterocycles. The Kier molecular flexibility index (Phi) is 6.23. The maximum absolute atomic E-state index is 6.14. The van der Waals surface area contributed by atoms with Gasteiger partial charge in [-0.25, -0.2) is 0 Å². The van der Waals surface area contributed by atoms with Crippen LogP contribution in [0.5, 0.6) is 11.5 Å². The number of aryl methyl sites for hydroxylation is 1. The second-order valence-electron chi connectivity index (χ2n) is 6.71. The molecule has 0 unspecified atom stereocenters. The lowest BCUT2D eigenvalue weighted by Crippen LogP contribution is -1.90. The number of aromatic nitrogens is 1. The Morgan fingerprint density at radius 3 is 2.39 bits per heavy atom. The highest BCUT2D eigenvalue weighted by atomic mass is 16.5. The molecule has 0 fully saturated rings. The van der Waals surface area contributed by atoms with E-state index >= 15 is 0 Å². The first kappa shape index (κ1) is 19.4. The van der Waals surface area contributed by atoms with E-state index in [1.54, 1.807) is 0 Å². The number of nitrogens with zero attached hydrogens (tertiary/aromatic N) is 1. The van der Waals surface area contributed by atoms with Gasteiger partial charge < -0.3 is 4.74 Å². The van der Waals surface area contributed by atoms with Crippen molar-refractivity contribution in [3.63, 3.8) is 0 Å². The van der Waals surface area contributed by atoms with Crippen LogP contribution in [-0.4, -0.2) is 4.98 Å². The lowest BCUT2D eigenvalue weighted by atomic mass is 9.99. The van der Waals surface area contributed by atoms with Gasteiger partial charge in [-0.15, -0.1) is 0 Å². The summed E-state index contributed by atoms with van der Waals surface area (Å²) in [5.74, 6) is 1.58. The van der Waals surface area contributed by atoms with Gasteiger partial charge >= 0.3 is 0 Å². The number of benzene rings is 2. The van der Waals surface area contributed by atoms with Crippen LogP contribution < -0.4 is 4.74 Å². The molecule has 1 aromatic heterocycles. The van der Waals surface area contributed by atoms with Gasteiger partial charge in [-0.05, 0) is 68.3 Å². The third kappa shape index (κ3) is 4.86. The zero-order chi connectivity index (χ0) is 19.9. The minimum atomic E-state index is 0.785. The molecule has 2 nitrogen and oxygen atoms in total. The van der Waals surface area contributed by atoms with E-state index in [1.807, 2.05) is 93.6 Å². The predicted octanol–water partition coefficient (Wildman–Crippen LogP) is 7.38. The lowest BCUT2D eigenvalue weighted by molar-refractivity contribution is 0.483. The normalized spacial score (nSPS) is 11.6. The standard InChI is InChI=1S/C26H25NO/c1-5-6-15-25(19(2)3)21-11-8-13-23(17-21)28-24-14-9-12-22(18-24)26-16-7-10-20(4)27-26/h5-18H,2H2,1,3-4H3/b6-5-,25-15+. The predicted molar refractivity (Wildman–Crippen MR) is 119 cm³/mol. The van der Waals surface area contributed by atoms with Crippen LogP contribution in [0.25, 0.3) is 16.8 Å². The number of hydrogen-bond donors (Lipinski definition) is 0. The van der Waals surface area contributed by atoms with Crippen molar-refractivity contribution in [2.75, 3.05) is 0 Å². The highest BCUT2D eigenvalue weighted by molar-refractivity contribution is 5.79. The Balaban J connectivity index is 1.89. The quantitative estimate of drug-likeness (QED) is 0.424. The van der Waals surface area contributed by atoms with Crippen molar-refractivity contribution in [3.05, 3.63) is 108 Å². The van der Waals surface area contributed by atoms with E-state index in [0.717, 1.165) is 45.2 Å². The fourth-order valence-corrected chi connectivity index (χ4v) is 2.96. The van der Waals surface area contributed by atoms with Gasteiger partial charge in [0.25, 0.3) is 0 Å². The summed E-state index contributed by atoms with van der Waals surface area (Å²) >= 11 is 0. The molecule has 0 aliphatic carbocycles. The molecule has 3 rings (SSSR count). The first-order valence-corrected chi connectivity index (χ1v) is 9.38. The van der Waals surface area contributed by atoms with Crippen molar-refractivity contribution in [1.29, 1.82) is 0 Å². The maximum Gasteiger partial charge on any atom is 0.128 e. The van der Waals surface area contributed by atoms with E-state index in [1.165, 1.54) is 0 Å². The highest BCUT2D eigenvalue weighted by Crippen LogP contribution is 2.30. The van der Waals surface area contributed by atoms with Crippen LogP contribution in [0.15, 0.2) is 97.1 Å². The van der Waals surface area contributed by atoms with Gasteiger partial charge in [0.1, 0.15) is 11.5 Å². The number of pyridine rings is 1. The van der Waals surface area contributed by atoms with Gasteiger partial charge in [-0.1, -0.05) is 60.7 Å². The van der Waals surface area contributed by atoms with E-state index < -0.39 is 0 Å². The monoisotopic (exact) mass is 367 g/mol. The zero-order valence-electron chi connectivity index (χ0n) is 16.6. The Labute approximate surface area is 167 Å². The van der Waals surface area contributed by atoms with Gasteiger partial charge in [0.2, 0.25) is 0 Å². The molecule has 0 bridgehead atoms. The lowest BCUT2D eigenvalue weighted by Gasteiger charge is -2.11. The molecular formula is C26H25NO. The van der Waals surface area contributed by atoms with Crippen molar-refractivity contribution >= 4 is 5.57 Å². The summed E-state index contributed by atoms with van der Waals surface area (Å²) in [5, 5.41) is 0. The minimum absolute atomic E-state index is 0.785. The van der Waals surface area contributed by atoms with Crippen molar-refractivity contribution in [1.82, 2.24) is 4.98 Å². The summed E-state index contributed by atoms with van der Waals surface area (Å²) < 4.78 is 6.14. The maximum atomic E-state index is 6.14. The molecule has 1 heterocycles. The van der Waals surface area contributed by atoms with Crippen LogP contribution in [0.3, 0.4) is 0 Å². The smallest absolute Gasteiger partial charge is 0.128 e. The molecule has 0 aliphatic heterocycles. The minimum Gasteiger partial charge on any atom is -0.457 e. The average molecular weight is 367 g/mol. The van der Waals surface area contributed by atoms with Crippen molar-refractivity contribution < 1.29 is 4.74 Å². The van der Waals surface area contributed by atoms with Crippen LogP contribution >= 0.6 is 0 Å². The molecule has 0 N–H and O–H groups in total. The molecule has 28 heavy (non-hydrogen) atoms. The number of rotatable bonds is 6. The summed E-state index contributed by atoms with van der Waals surface area (Å²) in [6, 6.07) is 22.1. The van der Waals surface area contributed by atoms with E-state index in [9.17, 15) is 0 Å². The Hall–Kier alpha value is -3.39. The SMILES string of the molecule is C=C(C)/C(=C\C=C/C)c1cccc(Oc2cccc(-c3cccc(C)n3)c2)c1. The Morgan fingerprint density at radius 2 is 1.68 bits per heavy atom. The fraction of sp³-hybridized carbons (Fsp3) is 0.115. The second-order valence-corrected chi connectivity index (χ2v) is 6.71. The van der Waals surface area contributed by atoms with Crippen molar-refractivity contribution in [3.8, 4) is 22.8 Å². The van der Waals surface area contributed by atoms with Crippen LogP contribution in [-0.2, 0) is 0 Å².